The third-order valence-corrected chi connectivity index (χ3v) is 17.2. The monoisotopic (exact) mass is 1220 g/mol. The first-order chi connectivity index (χ1) is 44.5. The van der Waals surface area contributed by atoms with Crippen LogP contribution in [0.5, 0.6) is 23.0 Å². The highest BCUT2D eigenvalue weighted by Gasteiger charge is 2.18. The maximum Gasteiger partial charge on any atom is 0.120 e. The van der Waals surface area contributed by atoms with Crippen LogP contribution in [0.1, 0.15) is 211 Å². The minimum absolute atomic E-state index is 0.569. The highest BCUT2D eigenvalue weighted by atomic mass is 16.5. The minimum Gasteiger partial charge on any atom is -0.494 e. The van der Waals surface area contributed by atoms with Crippen molar-refractivity contribution in [1.29, 1.82) is 0 Å². The Balaban J connectivity index is 1.20. The van der Waals surface area contributed by atoms with Gasteiger partial charge in [0, 0.05) is 44.5 Å². The van der Waals surface area contributed by atoms with Crippen molar-refractivity contribution in [2.45, 2.75) is 167 Å². The van der Waals surface area contributed by atoms with Gasteiger partial charge in [-0.05, 0) is 253 Å². The molecule has 0 bridgehead atoms. The van der Waals surface area contributed by atoms with E-state index in [4.69, 9.17) is 18.9 Å². The SMILES string of the molecule is CC(C)=CCC[C@H](C)CCOc1cccc(C#Cc2cc(C#Cc3cccc(OCC[C@@H](C)CCC=C(C)C)c3)c3ccc4c(C#Cc5cccc(OCC[C@@H](C)CCCC(C)C)c5)cc(C#Cc5cccc(OCC[C@@H](C)CCC=C(C)C)c5)c5ccc2c3c54)c1. The van der Waals surface area contributed by atoms with Crippen molar-refractivity contribution in [1.82, 2.24) is 0 Å². The molecule has 0 N–H and O–H groups in total. The van der Waals surface area contributed by atoms with E-state index in [1.807, 2.05) is 48.5 Å². The molecular formula is C88H100O4. The molecule has 8 aromatic rings. The smallest absolute Gasteiger partial charge is 0.120 e. The van der Waals surface area contributed by atoms with Gasteiger partial charge in [-0.3, -0.25) is 0 Å². The van der Waals surface area contributed by atoms with Crippen molar-refractivity contribution in [2.24, 2.45) is 29.6 Å². The van der Waals surface area contributed by atoms with Crippen LogP contribution in [0.4, 0.5) is 0 Å². The zero-order valence-electron chi connectivity index (χ0n) is 57.5. The molecule has 4 atom stereocenters. The van der Waals surface area contributed by atoms with Gasteiger partial charge < -0.3 is 18.9 Å². The lowest BCUT2D eigenvalue weighted by Crippen LogP contribution is -2.05. The van der Waals surface area contributed by atoms with Gasteiger partial charge in [-0.1, -0.05) is 192 Å². The molecule has 0 aliphatic heterocycles. The van der Waals surface area contributed by atoms with Crippen LogP contribution in [0.2, 0.25) is 0 Å². The summed E-state index contributed by atoms with van der Waals surface area (Å²) >= 11 is 0. The van der Waals surface area contributed by atoms with Crippen LogP contribution in [-0.2, 0) is 0 Å². The summed E-state index contributed by atoms with van der Waals surface area (Å²) in [5.74, 6) is 35.3. The summed E-state index contributed by atoms with van der Waals surface area (Å²) in [6.45, 7) is 29.5. The molecule has 4 nitrogen and oxygen atoms in total. The van der Waals surface area contributed by atoms with Crippen LogP contribution in [-0.4, -0.2) is 26.4 Å². The van der Waals surface area contributed by atoms with E-state index in [-0.39, 0.29) is 0 Å². The van der Waals surface area contributed by atoms with Gasteiger partial charge in [-0.25, -0.2) is 0 Å². The quantitative estimate of drug-likeness (QED) is 0.0266. The van der Waals surface area contributed by atoms with Gasteiger partial charge in [0.1, 0.15) is 23.0 Å². The normalized spacial score (nSPS) is 12.2. The van der Waals surface area contributed by atoms with E-state index in [0.717, 1.165) is 170 Å². The molecule has 0 aromatic heterocycles. The van der Waals surface area contributed by atoms with Crippen molar-refractivity contribution in [3.63, 3.8) is 0 Å². The molecule has 0 radical (unpaired) electrons. The lowest BCUT2D eigenvalue weighted by Gasteiger charge is -2.16. The summed E-state index contributed by atoms with van der Waals surface area (Å²) in [7, 11) is 0. The van der Waals surface area contributed by atoms with Crippen molar-refractivity contribution in [3.05, 3.63) is 213 Å². The van der Waals surface area contributed by atoms with Gasteiger partial charge in [0.05, 0.1) is 26.4 Å². The average Bonchev–Trinajstić information content (AvgIpc) is 0.725. The molecule has 0 saturated heterocycles. The molecule has 0 fully saturated rings. The van der Waals surface area contributed by atoms with Gasteiger partial charge in [-0.15, -0.1) is 0 Å². The average molecular weight is 1220 g/mol. The van der Waals surface area contributed by atoms with Crippen molar-refractivity contribution >= 4 is 32.3 Å². The molecule has 0 aliphatic rings. The molecule has 0 spiro atoms. The number of hydrogen-bond acceptors (Lipinski definition) is 4. The number of ether oxygens (including phenoxy) is 4. The van der Waals surface area contributed by atoms with Gasteiger partial charge in [0.15, 0.2) is 0 Å². The Bertz CT molecular complexity index is 3950. The Labute approximate surface area is 554 Å². The third-order valence-electron chi connectivity index (χ3n) is 17.2. The van der Waals surface area contributed by atoms with Crippen LogP contribution in [0.25, 0.3) is 32.3 Å². The van der Waals surface area contributed by atoms with Gasteiger partial charge in [-0.2, -0.15) is 0 Å². The first-order valence-electron chi connectivity index (χ1n) is 34.2. The van der Waals surface area contributed by atoms with E-state index in [2.05, 4.69) is 234 Å². The Hall–Kier alpha value is -8.54. The molecule has 476 valence electrons. The fraction of sp³-hybridized carbons (Fsp3) is 0.386. The van der Waals surface area contributed by atoms with Crippen LogP contribution >= 0.6 is 0 Å². The van der Waals surface area contributed by atoms with Crippen LogP contribution in [0.3, 0.4) is 0 Å². The highest BCUT2D eigenvalue weighted by molar-refractivity contribution is 6.26. The molecular weight excluding hydrogens is 1120 g/mol. The number of allylic oxidation sites excluding steroid dienone is 6. The molecule has 4 heteroatoms. The highest BCUT2D eigenvalue weighted by Crippen LogP contribution is 2.40. The Morgan fingerprint density at radius 2 is 0.587 bits per heavy atom. The zero-order valence-corrected chi connectivity index (χ0v) is 57.5. The second kappa shape index (κ2) is 35.9. The summed E-state index contributed by atoms with van der Waals surface area (Å²) in [5, 5.41) is 6.31. The van der Waals surface area contributed by atoms with E-state index < -0.39 is 0 Å². The van der Waals surface area contributed by atoms with E-state index >= 15 is 0 Å². The van der Waals surface area contributed by atoms with Crippen LogP contribution in [0.15, 0.2) is 168 Å². The van der Waals surface area contributed by atoms with Crippen molar-refractivity contribution < 1.29 is 18.9 Å². The fourth-order valence-electron chi connectivity index (χ4n) is 11.6. The summed E-state index contributed by atoms with van der Waals surface area (Å²) in [6.07, 6.45) is 21.5. The Morgan fingerprint density at radius 1 is 0.315 bits per heavy atom. The largest absolute Gasteiger partial charge is 0.494 e. The second-order valence-corrected chi connectivity index (χ2v) is 27.0. The van der Waals surface area contributed by atoms with Crippen molar-refractivity contribution in [2.75, 3.05) is 26.4 Å². The molecule has 0 unspecified atom stereocenters. The topological polar surface area (TPSA) is 36.9 Å². The lowest BCUT2D eigenvalue weighted by molar-refractivity contribution is 0.275. The fourth-order valence-corrected chi connectivity index (χ4v) is 11.6. The van der Waals surface area contributed by atoms with E-state index in [0.29, 0.717) is 50.1 Å². The van der Waals surface area contributed by atoms with Crippen molar-refractivity contribution in [3.8, 4) is 70.4 Å². The summed E-state index contributed by atoms with van der Waals surface area (Å²) < 4.78 is 25.5. The summed E-state index contributed by atoms with van der Waals surface area (Å²) in [4.78, 5) is 0. The maximum atomic E-state index is 6.37. The van der Waals surface area contributed by atoms with Gasteiger partial charge >= 0.3 is 0 Å². The number of hydrogen-bond donors (Lipinski definition) is 0. The number of benzene rings is 8. The predicted octanol–water partition coefficient (Wildman–Crippen LogP) is 22.9. The van der Waals surface area contributed by atoms with E-state index in [1.54, 1.807) is 0 Å². The summed E-state index contributed by atoms with van der Waals surface area (Å²) in [5.41, 5.74) is 11.2. The first kappa shape index (κ1) is 69.4. The van der Waals surface area contributed by atoms with Gasteiger partial charge in [0.25, 0.3) is 0 Å². The molecule has 0 heterocycles. The van der Waals surface area contributed by atoms with E-state index in [9.17, 15) is 0 Å². The molecule has 92 heavy (non-hydrogen) atoms. The minimum atomic E-state index is 0.569. The first-order valence-corrected chi connectivity index (χ1v) is 34.2. The molecule has 8 aromatic carbocycles. The maximum absolute atomic E-state index is 6.37. The molecule has 0 saturated carbocycles. The van der Waals surface area contributed by atoms with E-state index in [1.165, 1.54) is 36.0 Å². The number of rotatable bonds is 29. The lowest BCUT2D eigenvalue weighted by atomic mass is 9.86. The van der Waals surface area contributed by atoms with Crippen LogP contribution in [0, 0.1) is 77.0 Å². The Kier molecular flexibility index (Phi) is 27.1. The second-order valence-electron chi connectivity index (χ2n) is 27.0. The van der Waals surface area contributed by atoms with Crippen LogP contribution < -0.4 is 18.9 Å². The molecule has 8 rings (SSSR count). The molecule has 0 aliphatic carbocycles. The predicted molar refractivity (Wildman–Crippen MR) is 392 cm³/mol. The Morgan fingerprint density at radius 3 is 0.848 bits per heavy atom. The zero-order chi connectivity index (χ0) is 65.2. The third kappa shape index (κ3) is 22.4. The standard InChI is InChI=1S/C88H100O4/c1-63(2)21-13-25-67(9)49-53-89-79-33-17-29-71(57-79)37-41-75-61-76(42-38-72-30-18-34-80(58-72)90-54-50-68(10)26-14-22-64(3)4)84-47-48-86-78(44-40-74-32-20-36-82(60-74)92-56-52-70(12)28-16-24-66(7)8)62-77(85-46-45-83(75)87(84)88(85)86)43-39-73-31-19-35-81(59-73)91-55-51-69(11)27-15-23-65(5)6/h17-23,29-36,45-48,57-62,66-70H,13-16,24-28,49-56H2,1-12H3/t67-,68-,69-,70-/m0/s1. The molecule has 0 amide bonds. The summed E-state index contributed by atoms with van der Waals surface area (Å²) in [6, 6.07) is 46.0. The van der Waals surface area contributed by atoms with Gasteiger partial charge in [0.2, 0.25) is 0 Å².